The zero-order chi connectivity index (χ0) is 24.5. The van der Waals surface area contributed by atoms with Gasteiger partial charge in [-0.15, -0.1) is 0 Å². The highest BCUT2D eigenvalue weighted by molar-refractivity contribution is 5.93. The molecule has 0 aliphatic carbocycles. The third-order valence-electron chi connectivity index (χ3n) is 4.92. The van der Waals surface area contributed by atoms with Crippen molar-refractivity contribution >= 4 is 17.6 Å². The van der Waals surface area contributed by atoms with Gasteiger partial charge in [0.1, 0.15) is 5.75 Å². The van der Waals surface area contributed by atoms with E-state index < -0.39 is 17.7 Å². The summed E-state index contributed by atoms with van der Waals surface area (Å²) in [6.45, 7) is 1.86. The smallest absolute Gasteiger partial charge is 0.416 e. The lowest BCUT2D eigenvalue weighted by molar-refractivity contribution is -0.255. The summed E-state index contributed by atoms with van der Waals surface area (Å²) in [7, 11) is 1.51. The van der Waals surface area contributed by atoms with E-state index in [2.05, 4.69) is 20.3 Å². The van der Waals surface area contributed by atoms with Gasteiger partial charge in [0, 0.05) is 35.3 Å². The number of hydrogen-bond acceptors (Lipinski definition) is 7. The molecular weight excluding hydrogens is 451 g/mol. The second-order valence-electron chi connectivity index (χ2n) is 7.25. The van der Waals surface area contributed by atoms with E-state index in [1.54, 1.807) is 29.1 Å². The van der Waals surface area contributed by atoms with Crippen LogP contribution in [0.5, 0.6) is 5.75 Å². The second-order valence-corrected chi connectivity index (χ2v) is 7.25. The number of nitrogens with zero attached hydrogens (tertiary/aromatic N) is 4. The normalized spacial score (nSPS) is 11.3. The highest BCUT2D eigenvalue weighted by atomic mass is 19.4. The molecule has 0 amide bonds. The number of aromatic nitrogens is 4. The average molecular weight is 468 g/mol. The molecule has 2 aromatic carbocycles. The van der Waals surface area contributed by atoms with Crippen molar-refractivity contribution in [2.45, 2.75) is 13.1 Å². The number of alkyl halides is 3. The van der Waals surface area contributed by atoms with E-state index in [4.69, 9.17) is 4.74 Å². The van der Waals surface area contributed by atoms with Crippen molar-refractivity contribution in [2.75, 3.05) is 12.4 Å². The van der Waals surface area contributed by atoms with Gasteiger partial charge in [0.25, 0.3) is 0 Å². The summed E-state index contributed by atoms with van der Waals surface area (Å²) >= 11 is 0. The van der Waals surface area contributed by atoms with Gasteiger partial charge in [0.2, 0.25) is 5.95 Å². The standard InChI is InChI=1S/C23H18F3N5O3/c1-13-11-31(12-28-13)18-8-7-16(9-19(18)34-2)29-22-27-10-17(21(32)33)20(30-22)14-3-5-15(6-4-14)23(24,25)26/h3-12H,1-2H3,(H,32,33)(H,27,29,30)/p-1. The maximum absolute atomic E-state index is 12.9. The Morgan fingerprint density at radius 1 is 1.12 bits per heavy atom. The minimum atomic E-state index is -4.52. The van der Waals surface area contributed by atoms with E-state index in [1.165, 1.54) is 7.11 Å². The number of carbonyl (C=O) groups is 1. The van der Waals surface area contributed by atoms with Crippen molar-refractivity contribution in [3.05, 3.63) is 78.0 Å². The van der Waals surface area contributed by atoms with Crippen LogP contribution in [0.25, 0.3) is 16.9 Å². The fraction of sp³-hybridized carbons (Fsp3) is 0.130. The Morgan fingerprint density at radius 3 is 2.44 bits per heavy atom. The van der Waals surface area contributed by atoms with Gasteiger partial charge in [-0.3, -0.25) is 0 Å². The molecule has 34 heavy (non-hydrogen) atoms. The number of aryl methyl sites for hydroxylation is 1. The topological polar surface area (TPSA) is 105 Å². The number of benzene rings is 2. The predicted molar refractivity (Wildman–Crippen MR) is 115 cm³/mol. The lowest BCUT2D eigenvalue weighted by atomic mass is 10.1. The van der Waals surface area contributed by atoms with E-state index in [9.17, 15) is 23.1 Å². The first kappa shape index (κ1) is 22.8. The number of aromatic carboxylic acids is 1. The van der Waals surface area contributed by atoms with Crippen molar-refractivity contribution in [1.29, 1.82) is 0 Å². The Kier molecular flexibility index (Phi) is 5.93. The van der Waals surface area contributed by atoms with Gasteiger partial charge in [0.15, 0.2) is 0 Å². The molecule has 4 rings (SSSR count). The summed E-state index contributed by atoms with van der Waals surface area (Å²) in [6, 6.07) is 9.21. The van der Waals surface area contributed by atoms with Crippen LogP contribution >= 0.6 is 0 Å². The first-order valence-corrected chi connectivity index (χ1v) is 9.88. The monoisotopic (exact) mass is 468 g/mol. The van der Waals surface area contributed by atoms with Crippen LogP contribution in [0.15, 0.2) is 61.2 Å². The molecule has 2 heterocycles. The van der Waals surface area contributed by atoms with E-state index >= 15 is 0 Å². The molecule has 0 bridgehead atoms. The molecule has 0 saturated heterocycles. The average Bonchev–Trinajstić information content (AvgIpc) is 3.24. The van der Waals surface area contributed by atoms with E-state index in [1.807, 2.05) is 13.1 Å². The summed E-state index contributed by atoms with van der Waals surface area (Å²) in [6.07, 6.45) is 0.00767. The Hall–Kier alpha value is -4.41. The SMILES string of the molecule is COc1cc(Nc2ncc(C(=O)[O-])c(-c3ccc(C(F)(F)F)cc3)n2)ccc1-n1cnc(C)c1. The lowest BCUT2D eigenvalue weighted by Gasteiger charge is -2.14. The maximum Gasteiger partial charge on any atom is 0.416 e. The van der Waals surface area contributed by atoms with E-state index in [0.717, 1.165) is 41.8 Å². The molecule has 0 aliphatic heterocycles. The number of carbonyl (C=O) groups excluding carboxylic acids is 1. The fourth-order valence-corrected chi connectivity index (χ4v) is 3.28. The largest absolute Gasteiger partial charge is 0.545 e. The van der Waals surface area contributed by atoms with Crippen LogP contribution in [0.3, 0.4) is 0 Å². The minimum absolute atomic E-state index is 0.0353. The summed E-state index contributed by atoms with van der Waals surface area (Å²) in [5.41, 5.74) is 0.989. The van der Waals surface area contributed by atoms with Gasteiger partial charge in [0.05, 0.1) is 42.0 Å². The molecule has 0 radical (unpaired) electrons. The number of imidazole rings is 1. The van der Waals surface area contributed by atoms with Gasteiger partial charge < -0.3 is 24.5 Å². The molecular formula is C23H17F3N5O3-. The van der Waals surface area contributed by atoms with Crippen LogP contribution in [0.4, 0.5) is 24.8 Å². The number of rotatable bonds is 6. The summed E-state index contributed by atoms with van der Waals surface area (Å²) in [5, 5.41) is 14.5. The quantitative estimate of drug-likeness (QED) is 0.459. The third kappa shape index (κ3) is 4.68. The zero-order valence-electron chi connectivity index (χ0n) is 17.9. The summed E-state index contributed by atoms with van der Waals surface area (Å²) in [4.78, 5) is 23.9. The van der Waals surface area contributed by atoms with Crippen LogP contribution in [0, 0.1) is 6.92 Å². The van der Waals surface area contributed by atoms with Crippen molar-refractivity contribution in [3.63, 3.8) is 0 Å². The molecule has 174 valence electrons. The van der Waals surface area contributed by atoms with Crippen LogP contribution in [-0.2, 0) is 6.18 Å². The molecule has 8 nitrogen and oxygen atoms in total. The number of hydrogen-bond donors (Lipinski definition) is 1. The number of nitrogens with one attached hydrogen (secondary N) is 1. The van der Waals surface area contributed by atoms with Gasteiger partial charge in [-0.05, 0) is 31.2 Å². The minimum Gasteiger partial charge on any atom is -0.545 e. The van der Waals surface area contributed by atoms with E-state index in [-0.39, 0.29) is 22.8 Å². The summed E-state index contributed by atoms with van der Waals surface area (Å²) in [5.74, 6) is -0.993. The van der Waals surface area contributed by atoms with Gasteiger partial charge in [-0.2, -0.15) is 13.2 Å². The predicted octanol–water partition coefficient (Wildman–Crippen LogP) is 3.77. The molecule has 0 saturated carbocycles. The molecule has 2 aromatic heterocycles. The maximum atomic E-state index is 12.9. The fourth-order valence-electron chi connectivity index (χ4n) is 3.28. The molecule has 0 unspecified atom stereocenters. The molecule has 0 spiro atoms. The van der Waals surface area contributed by atoms with Gasteiger partial charge in [-0.1, -0.05) is 12.1 Å². The van der Waals surface area contributed by atoms with Gasteiger partial charge >= 0.3 is 6.18 Å². The molecule has 0 fully saturated rings. The Bertz CT molecular complexity index is 1350. The molecule has 4 aromatic rings. The van der Waals surface area contributed by atoms with Crippen molar-refractivity contribution in [2.24, 2.45) is 0 Å². The Balaban J connectivity index is 1.67. The second kappa shape index (κ2) is 8.85. The highest BCUT2D eigenvalue weighted by Gasteiger charge is 2.30. The first-order chi connectivity index (χ1) is 16.2. The third-order valence-corrected chi connectivity index (χ3v) is 4.92. The first-order valence-electron chi connectivity index (χ1n) is 9.88. The number of ether oxygens (including phenoxy) is 1. The number of halogens is 3. The van der Waals surface area contributed by atoms with Crippen molar-refractivity contribution < 1.29 is 27.8 Å². The number of carboxylic acid groups (broad SMARTS) is 1. The van der Waals surface area contributed by atoms with Crippen LogP contribution in [0.2, 0.25) is 0 Å². The van der Waals surface area contributed by atoms with E-state index in [0.29, 0.717) is 11.4 Å². The number of methoxy groups -OCH3 is 1. The molecule has 1 N–H and O–H groups in total. The van der Waals surface area contributed by atoms with Crippen molar-refractivity contribution in [3.8, 4) is 22.7 Å². The lowest BCUT2D eigenvalue weighted by Crippen LogP contribution is -2.24. The summed E-state index contributed by atoms with van der Waals surface area (Å²) < 4.78 is 45.9. The van der Waals surface area contributed by atoms with Crippen LogP contribution < -0.4 is 15.2 Å². The number of carboxylic acids is 1. The Labute approximate surface area is 191 Å². The van der Waals surface area contributed by atoms with Crippen molar-refractivity contribution in [1.82, 2.24) is 19.5 Å². The van der Waals surface area contributed by atoms with Crippen LogP contribution in [0.1, 0.15) is 21.6 Å². The molecule has 0 atom stereocenters. The Morgan fingerprint density at radius 2 is 1.85 bits per heavy atom. The van der Waals surface area contributed by atoms with Gasteiger partial charge in [-0.25, -0.2) is 15.0 Å². The van der Waals surface area contributed by atoms with Crippen LogP contribution in [-0.4, -0.2) is 32.6 Å². The highest BCUT2D eigenvalue weighted by Crippen LogP contribution is 2.32. The zero-order valence-corrected chi connectivity index (χ0v) is 17.9. The number of anilines is 2. The molecule has 11 heteroatoms. The molecule has 0 aliphatic rings.